The van der Waals surface area contributed by atoms with E-state index in [4.69, 9.17) is 4.74 Å². The molecule has 0 spiro atoms. The monoisotopic (exact) mass is 304 g/mol. The van der Waals surface area contributed by atoms with Crippen molar-refractivity contribution in [2.24, 2.45) is 0 Å². The van der Waals surface area contributed by atoms with Crippen LogP contribution in [0.4, 0.5) is 0 Å². The first-order valence-electron chi connectivity index (χ1n) is 7.35. The minimum Gasteiger partial charge on any atom is -0.496 e. The second kappa shape index (κ2) is 7.05. The Hall–Kier alpha value is -1.39. The summed E-state index contributed by atoms with van der Waals surface area (Å²) in [5.41, 5.74) is 3.33. The van der Waals surface area contributed by atoms with Crippen LogP contribution in [-0.2, 0) is 12.8 Å². The minimum absolute atomic E-state index is 0.300. The van der Waals surface area contributed by atoms with Gasteiger partial charge in [0.2, 0.25) is 0 Å². The topological polar surface area (TPSA) is 34.1 Å². The van der Waals surface area contributed by atoms with Gasteiger partial charge < -0.3 is 10.1 Å². The van der Waals surface area contributed by atoms with Gasteiger partial charge in [0.1, 0.15) is 5.75 Å². The minimum atomic E-state index is 0.300. The van der Waals surface area contributed by atoms with Gasteiger partial charge in [0.15, 0.2) is 0 Å². The number of rotatable bonds is 6. The first-order chi connectivity index (χ1) is 10.1. The zero-order valence-electron chi connectivity index (χ0n) is 13.5. The Bertz CT molecular complexity index is 607. The zero-order chi connectivity index (χ0) is 15.4. The number of likely N-dealkylation sites (N-methyl/N-ethyl adjacent to an activating group) is 1. The van der Waals surface area contributed by atoms with E-state index in [2.05, 4.69) is 36.3 Å². The molecule has 2 heterocycles. The normalized spacial score (nSPS) is 12.4. The smallest absolute Gasteiger partial charge is 0.128 e. The molecule has 0 aliphatic carbocycles. The molecule has 114 valence electrons. The fourth-order valence-electron chi connectivity index (χ4n) is 2.59. The zero-order valence-corrected chi connectivity index (χ0v) is 14.3. The van der Waals surface area contributed by atoms with Gasteiger partial charge in [0, 0.05) is 45.2 Å². The number of methoxy groups -OCH3 is 1. The highest BCUT2D eigenvalue weighted by Gasteiger charge is 2.17. The third-order valence-corrected chi connectivity index (χ3v) is 5.21. The molecule has 1 atom stereocenters. The highest BCUT2D eigenvalue weighted by Crippen LogP contribution is 2.30. The summed E-state index contributed by atoms with van der Waals surface area (Å²) in [6.07, 6.45) is 3.87. The molecule has 0 aromatic carbocycles. The SMILES string of the molecule is CCc1ccc(C(Cc2ncc(C)c(OC)c2C)NC)s1. The maximum Gasteiger partial charge on any atom is 0.128 e. The van der Waals surface area contributed by atoms with Gasteiger partial charge in [-0.1, -0.05) is 6.92 Å². The molecule has 2 aromatic heterocycles. The second-order valence-corrected chi connectivity index (χ2v) is 6.45. The summed E-state index contributed by atoms with van der Waals surface area (Å²) >= 11 is 1.88. The molecule has 0 radical (unpaired) electrons. The van der Waals surface area contributed by atoms with Crippen LogP contribution in [0.5, 0.6) is 5.75 Å². The Balaban J connectivity index is 2.26. The lowest BCUT2D eigenvalue weighted by atomic mass is 10.0. The van der Waals surface area contributed by atoms with Gasteiger partial charge >= 0.3 is 0 Å². The summed E-state index contributed by atoms with van der Waals surface area (Å²) in [7, 11) is 3.73. The first-order valence-corrected chi connectivity index (χ1v) is 8.17. The van der Waals surface area contributed by atoms with E-state index in [0.717, 1.165) is 35.4 Å². The molecule has 0 fully saturated rings. The van der Waals surface area contributed by atoms with E-state index in [-0.39, 0.29) is 0 Å². The number of ether oxygens (including phenoxy) is 1. The number of aryl methyl sites for hydroxylation is 2. The lowest BCUT2D eigenvalue weighted by Gasteiger charge is -2.17. The molecule has 4 heteroatoms. The fourth-order valence-corrected chi connectivity index (χ4v) is 3.65. The molecule has 0 amide bonds. The molecule has 2 rings (SSSR count). The van der Waals surface area contributed by atoms with E-state index in [1.807, 2.05) is 31.5 Å². The molecule has 1 unspecified atom stereocenters. The van der Waals surface area contributed by atoms with Gasteiger partial charge in [-0.15, -0.1) is 11.3 Å². The number of thiophene rings is 1. The number of nitrogens with one attached hydrogen (secondary N) is 1. The molecule has 3 nitrogen and oxygen atoms in total. The van der Waals surface area contributed by atoms with Crippen molar-refractivity contribution >= 4 is 11.3 Å². The molecule has 0 aliphatic heterocycles. The molecule has 0 saturated carbocycles. The summed E-state index contributed by atoms with van der Waals surface area (Å²) in [5.74, 6) is 0.954. The van der Waals surface area contributed by atoms with Gasteiger partial charge in [0.05, 0.1) is 7.11 Å². The number of hydrogen-bond acceptors (Lipinski definition) is 4. The van der Waals surface area contributed by atoms with Gasteiger partial charge in [-0.05, 0) is 39.4 Å². The van der Waals surface area contributed by atoms with Crippen molar-refractivity contribution in [3.63, 3.8) is 0 Å². The standard InChI is InChI=1S/C17H24N2OS/c1-6-13-7-8-16(21-13)15(18-4)9-14-12(3)17(20-5)11(2)10-19-14/h7-8,10,15,18H,6,9H2,1-5H3. The average Bonchev–Trinajstić information content (AvgIpc) is 2.96. The Morgan fingerprint density at radius 2 is 2.10 bits per heavy atom. The van der Waals surface area contributed by atoms with E-state index >= 15 is 0 Å². The molecular weight excluding hydrogens is 280 g/mol. The van der Waals surface area contributed by atoms with Gasteiger partial charge in [-0.2, -0.15) is 0 Å². The second-order valence-electron chi connectivity index (χ2n) is 5.25. The Morgan fingerprint density at radius 1 is 1.33 bits per heavy atom. The molecule has 21 heavy (non-hydrogen) atoms. The van der Waals surface area contributed by atoms with Crippen molar-refractivity contribution < 1.29 is 4.74 Å². The van der Waals surface area contributed by atoms with Crippen LogP contribution < -0.4 is 10.1 Å². The van der Waals surface area contributed by atoms with Crippen molar-refractivity contribution in [1.29, 1.82) is 0 Å². The molecule has 0 saturated heterocycles. The summed E-state index contributed by atoms with van der Waals surface area (Å²) in [6.45, 7) is 6.32. The quantitative estimate of drug-likeness (QED) is 0.880. The van der Waals surface area contributed by atoms with Crippen LogP contribution in [-0.4, -0.2) is 19.1 Å². The van der Waals surface area contributed by atoms with Crippen LogP contribution in [0.15, 0.2) is 18.3 Å². The summed E-state index contributed by atoms with van der Waals surface area (Å²) in [6, 6.07) is 4.75. The fraction of sp³-hybridized carbons (Fsp3) is 0.471. The molecule has 0 bridgehead atoms. The van der Waals surface area contributed by atoms with Crippen LogP contribution >= 0.6 is 11.3 Å². The maximum absolute atomic E-state index is 5.50. The molecular formula is C17H24N2OS. The average molecular weight is 304 g/mol. The lowest BCUT2D eigenvalue weighted by molar-refractivity contribution is 0.406. The predicted molar refractivity (Wildman–Crippen MR) is 89.5 cm³/mol. The third kappa shape index (κ3) is 3.44. The van der Waals surface area contributed by atoms with Crippen LogP contribution in [0.3, 0.4) is 0 Å². The van der Waals surface area contributed by atoms with Crippen molar-refractivity contribution in [3.8, 4) is 5.75 Å². The number of nitrogens with zero attached hydrogens (tertiary/aromatic N) is 1. The Morgan fingerprint density at radius 3 is 2.67 bits per heavy atom. The van der Waals surface area contributed by atoms with Gasteiger partial charge in [0.25, 0.3) is 0 Å². The number of hydrogen-bond donors (Lipinski definition) is 1. The highest BCUT2D eigenvalue weighted by molar-refractivity contribution is 7.12. The van der Waals surface area contributed by atoms with Crippen LogP contribution in [0, 0.1) is 13.8 Å². The molecule has 2 aromatic rings. The lowest BCUT2D eigenvalue weighted by Crippen LogP contribution is -2.19. The van der Waals surface area contributed by atoms with Gasteiger partial charge in [-0.25, -0.2) is 0 Å². The van der Waals surface area contributed by atoms with Gasteiger partial charge in [-0.3, -0.25) is 4.98 Å². The molecule has 1 N–H and O–H groups in total. The van der Waals surface area contributed by atoms with Crippen LogP contribution in [0.2, 0.25) is 0 Å². The van der Waals surface area contributed by atoms with E-state index in [0.29, 0.717) is 6.04 Å². The van der Waals surface area contributed by atoms with E-state index in [1.165, 1.54) is 9.75 Å². The van der Waals surface area contributed by atoms with Crippen LogP contribution in [0.1, 0.15) is 39.5 Å². The van der Waals surface area contributed by atoms with Crippen molar-refractivity contribution in [2.45, 2.75) is 39.7 Å². The predicted octanol–water partition coefficient (Wildman–Crippen LogP) is 3.83. The highest BCUT2D eigenvalue weighted by atomic mass is 32.1. The number of aromatic nitrogens is 1. The maximum atomic E-state index is 5.50. The first kappa shape index (κ1) is 16.0. The number of pyridine rings is 1. The molecule has 0 aliphatic rings. The Labute approximate surface area is 131 Å². The van der Waals surface area contributed by atoms with Crippen LogP contribution in [0.25, 0.3) is 0 Å². The van der Waals surface area contributed by atoms with Crippen molar-refractivity contribution in [2.75, 3.05) is 14.2 Å². The summed E-state index contributed by atoms with van der Waals surface area (Å²) < 4.78 is 5.50. The third-order valence-electron chi connectivity index (χ3n) is 3.87. The largest absolute Gasteiger partial charge is 0.496 e. The van der Waals surface area contributed by atoms with E-state index in [9.17, 15) is 0 Å². The van der Waals surface area contributed by atoms with E-state index in [1.54, 1.807) is 7.11 Å². The van der Waals surface area contributed by atoms with Crippen molar-refractivity contribution in [1.82, 2.24) is 10.3 Å². The summed E-state index contributed by atoms with van der Waals surface area (Å²) in [5, 5.41) is 3.41. The summed E-state index contributed by atoms with van der Waals surface area (Å²) in [4.78, 5) is 7.41. The van der Waals surface area contributed by atoms with Crippen molar-refractivity contribution in [3.05, 3.63) is 44.9 Å². The Kier molecular flexibility index (Phi) is 5.37. The van der Waals surface area contributed by atoms with E-state index < -0.39 is 0 Å².